The van der Waals surface area contributed by atoms with Gasteiger partial charge in [-0.25, -0.2) is 19.2 Å². The van der Waals surface area contributed by atoms with E-state index in [-0.39, 0.29) is 34.6 Å². The molecule has 1 aromatic carbocycles. The molecule has 0 radical (unpaired) electrons. The van der Waals surface area contributed by atoms with Crippen molar-refractivity contribution < 1.29 is 33.4 Å². The van der Waals surface area contributed by atoms with Gasteiger partial charge in [0, 0.05) is 23.2 Å². The minimum atomic E-state index is -0.823. The van der Waals surface area contributed by atoms with Crippen molar-refractivity contribution >= 4 is 35.3 Å². The summed E-state index contributed by atoms with van der Waals surface area (Å²) in [6.07, 6.45) is -0.823. The lowest BCUT2D eigenvalue weighted by molar-refractivity contribution is -0.158. The predicted molar refractivity (Wildman–Crippen MR) is 98.1 cm³/mol. The SMILES string of the molecule is C=C(C)C(=O)OCOCOC(=O)NCc1cc(C(N)=C=O)cc(C(N)=C=O)c1. The van der Waals surface area contributed by atoms with E-state index in [0.29, 0.717) is 5.56 Å². The second-order valence-corrected chi connectivity index (χ2v) is 5.39. The van der Waals surface area contributed by atoms with Crippen LogP contribution in [0.4, 0.5) is 4.79 Å². The molecule has 28 heavy (non-hydrogen) atoms. The second-order valence-electron chi connectivity index (χ2n) is 5.39. The van der Waals surface area contributed by atoms with E-state index in [9.17, 15) is 19.2 Å². The van der Waals surface area contributed by atoms with Gasteiger partial charge < -0.3 is 31.0 Å². The molecule has 10 nitrogen and oxygen atoms in total. The van der Waals surface area contributed by atoms with Gasteiger partial charge in [-0.3, -0.25) is 0 Å². The first-order valence-electron chi connectivity index (χ1n) is 7.75. The number of carbonyl (C=O) groups excluding carboxylic acids is 4. The van der Waals surface area contributed by atoms with Crippen LogP contribution in [0, 0.1) is 0 Å². The average Bonchev–Trinajstić information content (AvgIpc) is 2.70. The minimum absolute atomic E-state index is 0.0252. The molecule has 1 aromatic rings. The van der Waals surface area contributed by atoms with E-state index in [1.54, 1.807) is 0 Å². The molecule has 0 heterocycles. The summed E-state index contributed by atoms with van der Waals surface area (Å²) in [5.74, 6) is 2.44. The summed E-state index contributed by atoms with van der Waals surface area (Å²) in [6.45, 7) is 3.98. The average molecular weight is 389 g/mol. The Morgan fingerprint density at radius 2 is 1.57 bits per heavy atom. The first-order valence-corrected chi connectivity index (χ1v) is 7.75. The summed E-state index contributed by atoms with van der Waals surface area (Å²) in [7, 11) is 0. The molecule has 0 aliphatic rings. The number of esters is 1. The fourth-order valence-corrected chi connectivity index (χ4v) is 1.80. The lowest BCUT2D eigenvalue weighted by Gasteiger charge is -2.10. The Balaban J connectivity index is 2.60. The Morgan fingerprint density at radius 3 is 2.07 bits per heavy atom. The third-order valence-electron chi connectivity index (χ3n) is 3.17. The quantitative estimate of drug-likeness (QED) is 0.176. The van der Waals surface area contributed by atoms with E-state index < -0.39 is 25.6 Å². The number of hydrogen-bond acceptors (Lipinski definition) is 9. The zero-order valence-corrected chi connectivity index (χ0v) is 15.1. The van der Waals surface area contributed by atoms with E-state index >= 15 is 0 Å². The standard InChI is InChI=1S/C18H19N3O7/c1-11(2)17(24)27-9-26-10-28-18(25)21-6-12-3-13(15(19)7-22)5-14(4-12)16(20)8-23/h3-5H,1,6,9-10,19-20H2,2H3,(H,21,25). The second kappa shape index (κ2) is 11.0. The number of ether oxygens (including phenoxy) is 3. The van der Waals surface area contributed by atoms with Crippen molar-refractivity contribution in [1.29, 1.82) is 0 Å². The smallest absolute Gasteiger partial charge is 0.409 e. The minimum Gasteiger partial charge on any atom is -0.435 e. The third-order valence-corrected chi connectivity index (χ3v) is 3.17. The molecule has 148 valence electrons. The number of nitrogens with two attached hydrogens (primary N) is 2. The number of rotatable bonds is 9. The van der Waals surface area contributed by atoms with Gasteiger partial charge in [0.25, 0.3) is 0 Å². The van der Waals surface area contributed by atoms with Crippen molar-refractivity contribution in [2.24, 2.45) is 11.5 Å². The van der Waals surface area contributed by atoms with Gasteiger partial charge in [-0.15, -0.1) is 0 Å². The van der Waals surface area contributed by atoms with Crippen LogP contribution in [0.15, 0.2) is 30.4 Å². The summed E-state index contributed by atoms with van der Waals surface area (Å²) >= 11 is 0. The number of benzene rings is 1. The molecule has 1 rings (SSSR count). The fourth-order valence-electron chi connectivity index (χ4n) is 1.80. The zero-order chi connectivity index (χ0) is 21.1. The molecule has 0 unspecified atom stereocenters. The summed E-state index contributed by atoms with van der Waals surface area (Å²) in [4.78, 5) is 44.2. The molecule has 0 saturated carbocycles. The summed E-state index contributed by atoms with van der Waals surface area (Å²) < 4.78 is 14.2. The molecule has 0 bridgehead atoms. The van der Waals surface area contributed by atoms with Gasteiger partial charge in [-0.05, 0) is 30.7 Å². The number of hydrogen-bond donors (Lipinski definition) is 3. The Hall–Kier alpha value is -3.84. The van der Waals surface area contributed by atoms with Crippen LogP contribution < -0.4 is 16.8 Å². The third kappa shape index (κ3) is 7.19. The normalized spacial score (nSPS) is 9.46. The summed E-state index contributed by atoms with van der Waals surface area (Å²) in [5.41, 5.74) is 11.9. The van der Waals surface area contributed by atoms with Crippen LogP contribution in [-0.4, -0.2) is 37.5 Å². The molecule has 0 saturated heterocycles. The predicted octanol–water partition coefficient (Wildman–Crippen LogP) is 0.226. The Kier molecular flexibility index (Phi) is 8.72. The van der Waals surface area contributed by atoms with E-state index in [2.05, 4.69) is 16.6 Å². The molecular weight excluding hydrogens is 370 g/mol. The van der Waals surface area contributed by atoms with Gasteiger partial charge in [-0.1, -0.05) is 6.58 Å². The van der Waals surface area contributed by atoms with Crippen molar-refractivity contribution in [3.8, 4) is 0 Å². The van der Waals surface area contributed by atoms with Crippen molar-refractivity contribution in [3.05, 3.63) is 47.0 Å². The number of alkyl carbamates (subject to hydrolysis) is 1. The molecular formula is C18H19N3O7. The van der Waals surface area contributed by atoms with Crippen LogP contribution in [0.2, 0.25) is 0 Å². The zero-order valence-electron chi connectivity index (χ0n) is 15.1. The molecule has 0 aliphatic heterocycles. The van der Waals surface area contributed by atoms with E-state index in [0.717, 1.165) is 0 Å². The van der Waals surface area contributed by atoms with Crippen LogP contribution in [0.25, 0.3) is 11.4 Å². The lowest BCUT2D eigenvalue weighted by Crippen LogP contribution is -2.25. The van der Waals surface area contributed by atoms with Crippen LogP contribution in [0.1, 0.15) is 23.6 Å². The van der Waals surface area contributed by atoms with Crippen molar-refractivity contribution in [2.75, 3.05) is 13.6 Å². The van der Waals surface area contributed by atoms with Gasteiger partial charge in [0.05, 0.1) is 0 Å². The van der Waals surface area contributed by atoms with Gasteiger partial charge in [-0.2, -0.15) is 0 Å². The monoisotopic (exact) mass is 389 g/mol. The Morgan fingerprint density at radius 1 is 1.04 bits per heavy atom. The van der Waals surface area contributed by atoms with Crippen LogP contribution in [0.3, 0.4) is 0 Å². The molecule has 0 atom stereocenters. The molecule has 0 aliphatic carbocycles. The number of carbonyl (C=O) groups is 2. The molecule has 10 heteroatoms. The molecule has 0 aromatic heterocycles. The van der Waals surface area contributed by atoms with Gasteiger partial charge >= 0.3 is 12.1 Å². The highest BCUT2D eigenvalue weighted by Gasteiger charge is 2.09. The highest BCUT2D eigenvalue weighted by Crippen LogP contribution is 2.17. The number of amides is 1. The van der Waals surface area contributed by atoms with Crippen LogP contribution in [-0.2, 0) is 35.1 Å². The van der Waals surface area contributed by atoms with Crippen LogP contribution >= 0.6 is 0 Å². The number of nitrogens with one attached hydrogen (secondary N) is 1. The highest BCUT2D eigenvalue weighted by molar-refractivity contribution is 5.90. The molecule has 1 amide bonds. The maximum Gasteiger partial charge on any atom is 0.409 e. The maximum absolute atomic E-state index is 11.7. The topological polar surface area (TPSA) is 160 Å². The van der Waals surface area contributed by atoms with Crippen molar-refractivity contribution in [3.63, 3.8) is 0 Å². The van der Waals surface area contributed by atoms with Gasteiger partial charge in [0.15, 0.2) is 25.5 Å². The van der Waals surface area contributed by atoms with Crippen LogP contribution in [0.5, 0.6) is 0 Å². The highest BCUT2D eigenvalue weighted by atomic mass is 16.8. The lowest BCUT2D eigenvalue weighted by atomic mass is 10.0. The van der Waals surface area contributed by atoms with E-state index in [1.165, 1.54) is 37.0 Å². The molecule has 0 fully saturated rings. The summed E-state index contributed by atoms with van der Waals surface area (Å²) in [5, 5.41) is 2.42. The fraction of sp³-hybridized carbons (Fsp3) is 0.222. The van der Waals surface area contributed by atoms with Crippen molar-refractivity contribution in [1.82, 2.24) is 5.32 Å². The molecule has 0 spiro atoms. The Bertz CT molecular complexity index is 824. The first kappa shape index (κ1) is 22.2. The molecule has 5 N–H and O–H groups in total. The maximum atomic E-state index is 11.7. The summed E-state index contributed by atoms with van der Waals surface area (Å²) in [6, 6.07) is 4.44. The largest absolute Gasteiger partial charge is 0.435 e. The van der Waals surface area contributed by atoms with E-state index in [4.69, 9.17) is 20.9 Å². The van der Waals surface area contributed by atoms with E-state index in [1.807, 2.05) is 0 Å². The Labute approximate surface area is 160 Å². The first-order chi connectivity index (χ1) is 13.3. The van der Waals surface area contributed by atoms with Gasteiger partial charge in [0.2, 0.25) is 0 Å². The van der Waals surface area contributed by atoms with Gasteiger partial charge in [0.1, 0.15) is 11.4 Å². The van der Waals surface area contributed by atoms with Crippen molar-refractivity contribution in [2.45, 2.75) is 13.5 Å².